The van der Waals surface area contributed by atoms with E-state index < -0.39 is 6.04 Å². The summed E-state index contributed by atoms with van der Waals surface area (Å²) in [5, 5.41) is 3.02. The molecule has 1 aromatic rings. The zero-order chi connectivity index (χ0) is 13.7. The van der Waals surface area contributed by atoms with Gasteiger partial charge < -0.3 is 4.74 Å². The fourth-order valence-electron chi connectivity index (χ4n) is 1.62. The van der Waals surface area contributed by atoms with Crippen LogP contribution in [0.4, 0.5) is 4.39 Å². The van der Waals surface area contributed by atoms with Gasteiger partial charge in [0.15, 0.2) is 0 Å². The summed E-state index contributed by atoms with van der Waals surface area (Å²) in [6, 6.07) is 4.29. The Morgan fingerprint density at radius 2 is 2.17 bits per heavy atom. The van der Waals surface area contributed by atoms with Gasteiger partial charge >= 0.3 is 5.97 Å². The standard InChI is InChI=1S/C13H17BrFNO2/c1-8(2)12(13(17)18-3)16-7-9-6-10(14)4-5-11(9)15/h4-6,8,12,16H,7H2,1-3H3/t12-/m0/s1. The summed E-state index contributed by atoms with van der Waals surface area (Å²) in [4.78, 5) is 11.5. The molecular formula is C13H17BrFNO2. The van der Waals surface area contributed by atoms with Gasteiger partial charge in [0.05, 0.1) is 7.11 Å². The van der Waals surface area contributed by atoms with Crippen LogP contribution in [0.1, 0.15) is 19.4 Å². The van der Waals surface area contributed by atoms with Crippen molar-refractivity contribution in [1.82, 2.24) is 5.32 Å². The molecule has 0 radical (unpaired) electrons. The van der Waals surface area contributed by atoms with E-state index in [0.29, 0.717) is 5.56 Å². The minimum absolute atomic E-state index is 0.0765. The lowest BCUT2D eigenvalue weighted by molar-refractivity contribution is -0.144. The molecule has 0 saturated heterocycles. The highest BCUT2D eigenvalue weighted by Gasteiger charge is 2.22. The van der Waals surface area contributed by atoms with Crippen molar-refractivity contribution >= 4 is 21.9 Å². The summed E-state index contributed by atoms with van der Waals surface area (Å²) < 4.78 is 19.0. The van der Waals surface area contributed by atoms with Gasteiger partial charge in [-0.3, -0.25) is 10.1 Å². The lowest BCUT2D eigenvalue weighted by Gasteiger charge is -2.20. The predicted molar refractivity (Wildman–Crippen MR) is 71.6 cm³/mol. The molecule has 0 saturated carbocycles. The number of methoxy groups -OCH3 is 1. The van der Waals surface area contributed by atoms with Crippen molar-refractivity contribution in [2.75, 3.05) is 7.11 Å². The maximum absolute atomic E-state index is 13.5. The largest absolute Gasteiger partial charge is 0.468 e. The summed E-state index contributed by atoms with van der Waals surface area (Å²) in [7, 11) is 1.35. The molecule has 1 N–H and O–H groups in total. The number of halogens is 2. The Balaban J connectivity index is 2.73. The summed E-state index contributed by atoms with van der Waals surface area (Å²) in [6.07, 6.45) is 0. The summed E-state index contributed by atoms with van der Waals surface area (Å²) >= 11 is 3.29. The SMILES string of the molecule is COC(=O)[C@@H](NCc1cc(Br)ccc1F)C(C)C. The molecule has 1 aromatic carbocycles. The number of rotatable bonds is 5. The van der Waals surface area contributed by atoms with E-state index >= 15 is 0 Å². The van der Waals surface area contributed by atoms with Crippen LogP contribution in [0.15, 0.2) is 22.7 Å². The summed E-state index contributed by atoms with van der Waals surface area (Å²) in [6.45, 7) is 4.10. The van der Waals surface area contributed by atoms with Crippen molar-refractivity contribution in [2.45, 2.75) is 26.4 Å². The Labute approximate surface area is 115 Å². The van der Waals surface area contributed by atoms with E-state index in [0.717, 1.165) is 4.47 Å². The zero-order valence-electron chi connectivity index (χ0n) is 10.7. The van der Waals surface area contributed by atoms with E-state index in [1.54, 1.807) is 12.1 Å². The second kappa shape index (κ2) is 6.85. The Morgan fingerprint density at radius 1 is 1.50 bits per heavy atom. The molecule has 1 atom stereocenters. The number of hydrogen-bond donors (Lipinski definition) is 1. The summed E-state index contributed by atoms with van der Waals surface area (Å²) in [5.41, 5.74) is 0.513. The first-order chi connectivity index (χ1) is 8.45. The average molecular weight is 318 g/mol. The Morgan fingerprint density at radius 3 is 2.72 bits per heavy atom. The number of benzene rings is 1. The molecule has 1 rings (SSSR count). The molecule has 0 fully saturated rings. The molecule has 100 valence electrons. The van der Waals surface area contributed by atoms with Crippen molar-refractivity contribution in [3.63, 3.8) is 0 Å². The highest BCUT2D eigenvalue weighted by atomic mass is 79.9. The van der Waals surface area contributed by atoms with Gasteiger partial charge in [-0.2, -0.15) is 0 Å². The third-order valence-electron chi connectivity index (χ3n) is 2.64. The first-order valence-corrected chi connectivity index (χ1v) is 6.50. The number of carbonyl (C=O) groups is 1. The van der Waals surface area contributed by atoms with Crippen LogP contribution >= 0.6 is 15.9 Å². The summed E-state index contributed by atoms with van der Waals surface area (Å²) in [5.74, 6) is -0.550. The Kier molecular flexibility index (Phi) is 5.75. The van der Waals surface area contributed by atoms with Crippen LogP contribution in [0.2, 0.25) is 0 Å². The lowest BCUT2D eigenvalue weighted by Crippen LogP contribution is -2.41. The highest BCUT2D eigenvalue weighted by molar-refractivity contribution is 9.10. The van der Waals surface area contributed by atoms with Crippen LogP contribution < -0.4 is 5.32 Å². The first kappa shape index (κ1) is 15.1. The topological polar surface area (TPSA) is 38.3 Å². The van der Waals surface area contributed by atoms with Crippen molar-refractivity contribution < 1.29 is 13.9 Å². The predicted octanol–water partition coefficient (Wildman–Crippen LogP) is 2.88. The van der Waals surface area contributed by atoms with E-state index in [2.05, 4.69) is 21.2 Å². The van der Waals surface area contributed by atoms with E-state index in [1.165, 1.54) is 13.2 Å². The third kappa shape index (κ3) is 4.07. The van der Waals surface area contributed by atoms with Gasteiger partial charge in [-0.1, -0.05) is 29.8 Å². The molecule has 0 aliphatic carbocycles. The molecule has 0 amide bonds. The van der Waals surface area contributed by atoms with Crippen LogP contribution in [-0.4, -0.2) is 19.1 Å². The molecular weight excluding hydrogens is 301 g/mol. The average Bonchev–Trinajstić information content (AvgIpc) is 2.32. The van der Waals surface area contributed by atoms with Crippen molar-refractivity contribution in [2.24, 2.45) is 5.92 Å². The first-order valence-electron chi connectivity index (χ1n) is 5.70. The van der Waals surface area contributed by atoms with Crippen LogP contribution in [0, 0.1) is 11.7 Å². The van der Waals surface area contributed by atoms with Gasteiger partial charge in [-0.05, 0) is 24.1 Å². The highest BCUT2D eigenvalue weighted by Crippen LogP contribution is 2.16. The van der Waals surface area contributed by atoms with E-state index in [4.69, 9.17) is 4.74 Å². The monoisotopic (exact) mass is 317 g/mol. The van der Waals surface area contributed by atoms with Gasteiger partial charge in [0.25, 0.3) is 0 Å². The smallest absolute Gasteiger partial charge is 0.323 e. The molecule has 5 heteroatoms. The van der Waals surface area contributed by atoms with Crippen molar-refractivity contribution in [3.8, 4) is 0 Å². The number of ether oxygens (including phenoxy) is 1. The molecule has 0 aliphatic rings. The van der Waals surface area contributed by atoms with Crippen molar-refractivity contribution in [3.05, 3.63) is 34.1 Å². The van der Waals surface area contributed by atoms with E-state index in [-0.39, 0.29) is 24.2 Å². The fraction of sp³-hybridized carbons (Fsp3) is 0.462. The van der Waals surface area contributed by atoms with E-state index in [1.807, 2.05) is 13.8 Å². The van der Waals surface area contributed by atoms with Crippen LogP contribution in [0.3, 0.4) is 0 Å². The fourth-order valence-corrected chi connectivity index (χ4v) is 2.03. The lowest BCUT2D eigenvalue weighted by atomic mass is 10.0. The van der Waals surface area contributed by atoms with Gasteiger partial charge in [-0.15, -0.1) is 0 Å². The Bertz CT molecular complexity index is 423. The minimum Gasteiger partial charge on any atom is -0.468 e. The van der Waals surface area contributed by atoms with Crippen molar-refractivity contribution in [1.29, 1.82) is 0 Å². The molecule has 3 nitrogen and oxygen atoms in total. The molecule has 0 heterocycles. The van der Waals surface area contributed by atoms with Crippen LogP contribution in [0.5, 0.6) is 0 Å². The van der Waals surface area contributed by atoms with Gasteiger partial charge in [-0.25, -0.2) is 4.39 Å². The molecule has 0 bridgehead atoms. The molecule has 0 unspecified atom stereocenters. The maximum atomic E-state index is 13.5. The molecule has 18 heavy (non-hydrogen) atoms. The van der Waals surface area contributed by atoms with Gasteiger partial charge in [0.2, 0.25) is 0 Å². The quantitative estimate of drug-likeness (QED) is 0.849. The van der Waals surface area contributed by atoms with Crippen LogP contribution in [0.25, 0.3) is 0 Å². The second-order valence-corrected chi connectivity index (χ2v) is 5.28. The third-order valence-corrected chi connectivity index (χ3v) is 3.14. The normalized spacial score (nSPS) is 12.6. The molecule has 0 aromatic heterocycles. The number of hydrogen-bond acceptors (Lipinski definition) is 3. The maximum Gasteiger partial charge on any atom is 0.323 e. The zero-order valence-corrected chi connectivity index (χ0v) is 12.3. The van der Waals surface area contributed by atoms with E-state index in [9.17, 15) is 9.18 Å². The van der Waals surface area contributed by atoms with Crippen LogP contribution in [-0.2, 0) is 16.1 Å². The van der Waals surface area contributed by atoms with Gasteiger partial charge in [0.1, 0.15) is 11.9 Å². The van der Waals surface area contributed by atoms with Gasteiger partial charge in [0, 0.05) is 16.6 Å². The number of carbonyl (C=O) groups excluding carboxylic acids is 1. The number of esters is 1. The molecule has 0 aliphatic heterocycles. The second-order valence-electron chi connectivity index (χ2n) is 4.36. The number of nitrogens with one attached hydrogen (secondary N) is 1. The Hall–Kier alpha value is -0.940. The molecule has 0 spiro atoms. The minimum atomic E-state index is -0.437.